The summed E-state index contributed by atoms with van der Waals surface area (Å²) >= 11 is 0. The molecular formula is C12H13FN4. The summed E-state index contributed by atoms with van der Waals surface area (Å²) in [7, 11) is 0. The Morgan fingerprint density at radius 2 is 2.00 bits per heavy atom. The largest absolute Gasteiger partial charge is 0.306 e. The Kier molecular flexibility index (Phi) is 3.72. The lowest BCUT2D eigenvalue weighted by molar-refractivity contribution is 0.553. The summed E-state index contributed by atoms with van der Waals surface area (Å²) in [6.07, 6.45) is 7.60. The van der Waals surface area contributed by atoms with Gasteiger partial charge in [-0.15, -0.1) is 0 Å². The van der Waals surface area contributed by atoms with Gasteiger partial charge in [-0.05, 0) is 12.6 Å². The van der Waals surface area contributed by atoms with Gasteiger partial charge in [0.05, 0.1) is 12.2 Å². The molecule has 0 spiro atoms. The van der Waals surface area contributed by atoms with Crippen LogP contribution in [0, 0.1) is 5.82 Å². The van der Waals surface area contributed by atoms with Crippen LogP contribution in [0.15, 0.2) is 37.2 Å². The van der Waals surface area contributed by atoms with Crippen molar-refractivity contribution in [3.63, 3.8) is 0 Å². The molecule has 2 aromatic heterocycles. The lowest BCUT2D eigenvalue weighted by Gasteiger charge is -2.18. The standard InChI is InChI=1S/C12H13FN4/c1-2-17-12(9-5-15-8-16-6-9)10-3-4-14-7-11(10)13/h3-8,12,17H,2H2,1H3. The van der Waals surface area contributed by atoms with Crippen molar-refractivity contribution < 1.29 is 4.39 Å². The molecule has 0 aliphatic carbocycles. The van der Waals surface area contributed by atoms with E-state index in [1.165, 1.54) is 12.5 Å². The number of aromatic nitrogens is 3. The lowest BCUT2D eigenvalue weighted by Crippen LogP contribution is -2.23. The predicted octanol–water partition coefficient (Wildman–Crippen LogP) is 1.71. The molecule has 0 bridgehead atoms. The van der Waals surface area contributed by atoms with Crippen molar-refractivity contribution in [2.24, 2.45) is 0 Å². The molecular weight excluding hydrogens is 219 g/mol. The molecule has 2 aromatic rings. The third-order valence-electron chi connectivity index (χ3n) is 2.44. The van der Waals surface area contributed by atoms with Crippen LogP contribution in [-0.2, 0) is 0 Å². The van der Waals surface area contributed by atoms with E-state index in [0.29, 0.717) is 5.56 Å². The van der Waals surface area contributed by atoms with Gasteiger partial charge in [-0.3, -0.25) is 4.98 Å². The average molecular weight is 232 g/mol. The fourth-order valence-corrected chi connectivity index (χ4v) is 1.69. The fourth-order valence-electron chi connectivity index (χ4n) is 1.69. The Morgan fingerprint density at radius 1 is 1.24 bits per heavy atom. The van der Waals surface area contributed by atoms with E-state index in [-0.39, 0.29) is 11.9 Å². The predicted molar refractivity (Wildman–Crippen MR) is 61.7 cm³/mol. The molecule has 0 amide bonds. The van der Waals surface area contributed by atoms with Gasteiger partial charge in [0.25, 0.3) is 0 Å². The first kappa shape index (κ1) is 11.6. The van der Waals surface area contributed by atoms with Crippen molar-refractivity contribution in [1.82, 2.24) is 20.3 Å². The van der Waals surface area contributed by atoms with Gasteiger partial charge >= 0.3 is 0 Å². The van der Waals surface area contributed by atoms with Crippen molar-refractivity contribution in [3.8, 4) is 0 Å². The maximum absolute atomic E-state index is 13.7. The van der Waals surface area contributed by atoms with Crippen molar-refractivity contribution in [1.29, 1.82) is 0 Å². The summed E-state index contributed by atoms with van der Waals surface area (Å²) in [4.78, 5) is 11.7. The zero-order chi connectivity index (χ0) is 12.1. The van der Waals surface area contributed by atoms with Crippen molar-refractivity contribution in [3.05, 3.63) is 54.1 Å². The molecule has 5 heteroatoms. The van der Waals surface area contributed by atoms with Crippen LogP contribution in [0.25, 0.3) is 0 Å². The minimum atomic E-state index is -0.331. The maximum Gasteiger partial charge on any atom is 0.146 e. The quantitative estimate of drug-likeness (QED) is 0.871. The van der Waals surface area contributed by atoms with Gasteiger partial charge in [0, 0.05) is 29.7 Å². The van der Waals surface area contributed by atoms with Gasteiger partial charge < -0.3 is 5.32 Å². The summed E-state index contributed by atoms with van der Waals surface area (Å²) in [6, 6.07) is 1.42. The highest BCUT2D eigenvalue weighted by Gasteiger charge is 2.17. The summed E-state index contributed by atoms with van der Waals surface area (Å²) in [5, 5.41) is 3.21. The van der Waals surface area contributed by atoms with Crippen molar-refractivity contribution in [2.45, 2.75) is 13.0 Å². The van der Waals surface area contributed by atoms with Crippen LogP contribution < -0.4 is 5.32 Å². The minimum absolute atomic E-state index is 0.246. The highest BCUT2D eigenvalue weighted by atomic mass is 19.1. The number of nitrogens with zero attached hydrogens (tertiary/aromatic N) is 3. The highest BCUT2D eigenvalue weighted by Crippen LogP contribution is 2.22. The fraction of sp³-hybridized carbons (Fsp3) is 0.250. The van der Waals surface area contributed by atoms with Crippen LogP contribution in [0.2, 0.25) is 0 Å². The Bertz CT molecular complexity index is 475. The molecule has 1 atom stereocenters. The molecule has 0 saturated heterocycles. The monoisotopic (exact) mass is 232 g/mol. The van der Waals surface area contributed by atoms with E-state index in [1.807, 2.05) is 6.92 Å². The van der Waals surface area contributed by atoms with E-state index < -0.39 is 0 Å². The molecule has 0 radical (unpaired) electrons. The third-order valence-corrected chi connectivity index (χ3v) is 2.44. The van der Waals surface area contributed by atoms with Crippen LogP contribution in [0.4, 0.5) is 4.39 Å². The second-order valence-electron chi connectivity index (χ2n) is 3.56. The maximum atomic E-state index is 13.7. The highest BCUT2D eigenvalue weighted by molar-refractivity contribution is 5.28. The van der Waals surface area contributed by atoms with E-state index >= 15 is 0 Å². The first-order valence-corrected chi connectivity index (χ1v) is 5.40. The van der Waals surface area contributed by atoms with E-state index in [9.17, 15) is 4.39 Å². The molecule has 0 aromatic carbocycles. The van der Waals surface area contributed by atoms with E-state index in [2.05, 4.69) is 20.3 Å². The van der Waals surface area contributed by atoms with Crippen LogP contribution in [-0.4, -0.2) is 21.5 Å². The number of pyridine rings is 1. The summed E-state index contributed by atoms with van der Waals surface area (Å²) in [6.45, 7) is 2.69. The SMILES string of the molecule is CCNC(c1cncnc1)c1ccncc1F. The second kappa shape index (κ2) is 5.45. The molecule has 17 heavy (non-hydrogen) atoms. The Hall–Kier alpha value is -1.88. The number of hydrogen-bond acceptors (Lipinski definition) is 4. The zero-order valence-corrected chi connectivity index (χ0v) is 9.47. The molecule has 2 rings (SSSR count). The molecule has 0 aliphatic heterocycles. The summed E-state index contributed by atoms with van der Waals surface area (Å²) in [5.41, 5.74) is 1.39. The molecule has 0 saturated carbocycles. The van der Waals surface area contributed by atoms with Crippen LogP contribution >= 0.6 is 0 Å². The first-order valence-electron chi connectivity index (χ1n) is 5.40. The Morgan fingerprint density at radius 3 is 2.65 bits per heavy atom. The van der Waals surface area contributed by atoms with E-state index in [4.69, 9.17) is 0 Å². The Labute approximate surface area is 99.0 Å². The van der Waals surface area contributed by atoms with Gasteiger partial charge in [0.1, 0.15) is 12.1 Å². The van der Waals surface area contributed by atoms with Gasteiger partial charge in [0.15, 0.2) is 0 Å². The van der Waals surface area contributed by atoms with Crippen molar-refractivity contribution in [2.75, 3.05) is 6.54 Å². The number of halogens is 1. The molecule has 1 unspecified atom stereocenters. The normalized spacial score (nSPS) is 12.4. The summed E-state index contributed by atoms with van der Waals surface area (Å²) < 4.78 is 13.7. The first-order chi connectivity index (χ1) is 8.33. The molecule has 88 valence electrons. The zero-order valence-electron chi connectivity index (χ0n) is 9.47. The third kappa shape index (κ3) is 2.62. The van der Waals surface area contributed by atoms with E-state index in [0.717, 1.165) is 12.1 Å². The van der Waals surface area contributed by atoms with Gasteiger partial charge in [-0.25, -0.2) is 14.4 Å². The van der Waals surface area contributed by atoms with Crippen LogP contribution in [0.1, 0.15) is 24.1 Å². The molecule has 2 heterocycles. The number of rotatable bonds is 4. The van der Waals surface area contributed by atoms with Crippen LogP contribution in [0.3, 0.4) is 0 Å². The summed E-state index contributed by atoms with van der Waals surface area (Å²) in [5.74, 6) is -0.331. The smallest absolute Gasteiger partial charge is 0.146 e. The van der Waals surface area contributed by atoms with Gasteiger partial charge in [-0.2, -0.15) is 0 Å². The molecule has 1 N–H and O–H groups in total. The van der Waals surface area contributed by atoms with Crippen LogP contribution in [0.5, 0.6) is 0 Å². The molecule has 4 nitrogen and oxygen atoms in total. The minimum Gasteiger partial charge on any atom is -0.306 e. The number of nitrogens with one attached hydrogen (secondary N) is 1. The van der Waals surface area contributed by atoms with E-state index in [1.54, 1.807) is 24.7 Å². The number of hydrogen-bond donors (Lipinski definition) is 1. The van der Waals surface area contributed by atoms with Crippen molar-refractivity contribution >= 4 is 0 Å². The molecule has 0 aliphatic rings. The molecule has 0 fully saturated rings. The Balaban J connectivity index is 2.39. The topological polar surface area (TPSA) is 50.7 Å². The lowest BCUT2D eigenvalue weighted by atomic mass is 10.0. The van der Waals surface area contributed by atoms with Gasteiger partial charge in [0.2, 0.25) is 0 Å². The average Bonchev–Trinajstić information content (AvgIpc) is 2.38. The second-order valence-corrected chi connectivity index (χ2v) is 3.56. The van der Waals surface area contributed by atoms with Gasteiger partial charge in [-0.1, -0.05) is 6.92 Å².